The zero-order chi connectivity index (χ0) is 14.8. The standard InChI is InChI=1S/C13H11N7O/c14-12-16-5-3-8(19-12)7-1-2-10(21)11(18-7)9-4-6-17-13(15)20-9/h1-6,21H,(H2,14,16,19)(H2,15,17,20). The molecular weight excluding hydrogens is 270 g/mol. The van der Waals surface area contributed by atoms with Crippen molar-refractivity contribution in [2.24, 2.45) is 0 Å². The van der Waals surface area contributed by atoms with E-state index in [-0.39, 0.29) is 17.6 Å². The van der Waals surface area contributed by atoms with E-state index < -0.39 is 0 Å². The van der Waals surface area contributed by atoms with Crippen LogP contribution in [0.2, 0.25) is 0 Å². The first-order chi connectivity index (χ1) is 10.1. The second kappa shape index (κ2) is 5.00. The zero-order valence-corrected chi connectivity index (χ0v) is 10.8. The summed E-state index contributed by atoms with van der Waals surface area (Å²) in [6, 6.07) is 6.42. The fraction of sp³-hybridized carbons (Fsp3) is 0. The van der Waals surface area contributed by atoms with Crippen molar-refractivity contribution >= 4 is 11.9 Å². The van der Waals surface area contributed by atoms with Crippen molar-refractivity contribution in [1.29, 1.82) is 0 Å². The fourth-order valence-corrected chi connectivity index (χ4v) is 1.81. The largest absolute Gasteiger partial charge is 0.506 e. The SMILES string of the molecule is Nc1nccc(-c2ccc(O)c(-c3ccnc(N)n3)n2)n1. The van der Waals surface area contributed by atoms with E-state index in [1.54, 1.807) is 18.2 Å². The van der Waals surface area contributed by atoms with E-state index in [4.69, 9.17) is 11.5 Å². The summed E-state index contributed by atoms with van der Waals surface area (Å²) < 4.78 is 0. The van der Waals surface area contributed by atoms with Gasteiger partial charge in [-0.3, -0.25) is 0 Å². The third-order valence-electron chi connectivity index (χ3n) is 2.73. The molecule has 0 aliphatic heterocycles. The molecule has 3 rings (SSSR count). The predicted octanol–water partition coefficient (Wildman–Crippen LogP) is 0.866. The van der Waals surface area contributed by atoms with Crippen molar-refractivity contribution in [3.8, 4) is 28.5 Å². The normalized spacial score (nSPS) is 10.5. The molecule has 0 fully saturated rings. The molecule has 0 saturated heterocycles. The molecule has 8 heteroatoms. The number of nitrogens with zero attached hydrogens (tertiary/aromatic N) is 5. The Labute approximate surface area is 119 Å². The minimum atomic E-state index is -0.0149. The van der Waals surface area contributed by atoms with Gasteiger partial charge in [-0.25, -0.2) is 24.9 Å². The molecule has 0 radical (unpaired) electrons. The summed E-state index contributed by atoms with van der Waals surface area (Å²) in [6.07, 6.45) is 3.03. The highest BCUT2D eigenvalue weighted by atomic mass is 16.3. The molecule has 0 aliphatic carbocycles. The Kier molecular flexibility index (Phi) is 3.03. The van der Waals surface area contributed by atoms with Crippen LogP contribution in [0.25, 0.3) is 22.8 Å². The maximum atomic E-state index is 9.96. The molecule has 0 unspecified atom stereocenters. The van der Waals surface area contributed by atoms with Gasteiger partial charge in [0.15, 0.2) is 0 Å². The maximum Gasteiger partial charge on any atom is 0.220 e. The Morgan fingerprint density at radius 3 is 1.95 bits per heavy atom. The number of aromatic hydroxyl groups is 1. The highest BCUT2D eigenvalue weighted by molar-refractivity contribution is 5.67. The summed E-state index contributed by atoms with van der Waals surface area (Å²) >= 11 is 0. The Hall–Kier alpha value is -3.29. The predicted molar refractivity (Wildman–Crippen MR) is 76.8 cm³/mol. The lowest BCUT2D eigenvalue weighted by Crippen LogP contribution is -1.99. The quantitative estimate of drug-likeness (QED) is 0.629. The summed E-state index contributed by atoms with van der Waals surface area (Å²) in [6.45, 7) is 0. The minimum absolute atomic E-state index is 0.0149. The van der Waals surface area contributed by atoms with E-state index in [0.29, 0.717) is 22.8 Å². The molecule has 3 heterocycles. The molecule has 0 bridgehead atoms. The van der Waals surface area contributed by atoms with Crippen molar-refractivity contribution < 1.29 is 5.11 Å². The minimum Gasteiger partial charge on any atom is -0.506 e. The lowest BCUT2D eigenvalue weighted by molar-refractivity contribution is 0.475. The Morgan fingerprint density at radius 1 is 0.714 bits per heavy atom. The third kappa shape index (κ3) is 2.54. The summed E-state index contributed by atoms with van der Waals surface area (Å²) in [5, 5.41) is 9.96. The lowest BCUT2D eigenvalue weighted by atomic mass is 10.2. The van der Waals surface area contributed by atoms with Crippen molar-refractivity contribution in [3.05, 3.63) is 36.7 Å². The number of nitrogen functional groups attached to an aromatic ring is 2. The van der Waals surface area contributed by atoms with Crippen LogP contribution >= 0.6 is 0 Å². The molecule has 3 aromatic heterocycles. The van der Waals surface area contributed by atoms with Gasteiger partial charge in [0, 0.05) is 12.4 Å². The third-order valence-corrected chi connectivity index (χ3v) is 2.73. The second-order valence-corrected chi connectivity index (χ2v) is 4.16. The number of pyridine rings is 1. The molecule has 0 atom stereocenters. The van der Waals surface area contributed by atoms with Gasteiger partial charge in [-0.15, -0.1) is 0 Å². The van der Waals surface area contributed by atoms with E-state index in [2.05, 4.69) is 24.9 Å². The first-order valence-electron chi connectivity index (χ1n) is 6.01. The van der Waals surface area contributed by atoms with Crippen molar-refractivity contribution in [2.45, 2.75) is 0 Å². The van der Waals surface area contributed by atoms with Gasteiger partial charge in [0.05, 0.1) is 17.1 Å². The van der Waals surface area contributed by atoms with Crippen LogP contribution in [0.5, 0.6) is 5.75 Å². The van der Waals surface area contributed by atoms with Gasteiger partial charge >= 0.3 is 0 Å². The van der Waals surface area contributed by atoms with Crippen LogP contribution < -0.4 is 11.5 Å². The summed E-state index contributed by atoms with van der Waals surface area (Å²) in [5.74, 6) is 0.236. The molecule has 5 N–H and O–H groups in total. The van der Waals surface area contributed by atoms with Gasteiger partial charge in [0.25, 0.3) is 0 Å². The molecule has 0 aromatic carbocycles. The lowest BCUT2D eigenvalue weighted by Gasteiger charge is -2.06. The smallest absolute Gasteiger partial charge is 0.220 e. The van der Waals surface area contributed by atoms with E-state index in [0.717, 1.165) is 0 Å². The maximum absolute atomic E-state index is 9.96. The summed E-state index contributed by atoms with van der Waals surface area (Å²) in [5.41, 5.74) is 12.9. The molecule has 0 spiro atoms. The van der Waals surface area contributed by atoms with Crippen LogP contribution in [-0.2, 0) is 0 Å². The molecule has 21 heavy (non-hydrogen) atoms. The molecule has 104 valence electrons. The van der Waals surface area contributed by atoms with Gasteiger partial charge in [0.2, 0.25) is 11.9 Å². The Balaban J connectivity index is 2.12. The summed E-state index contributed by atoms with van der Waals surface area (Å²) in [4.78, 5) is 20.1. The molecule has 0 aliphatic rings. The number of aromatic nitrogens is 5. The molecule has 8 nitrogen and oxygen atoms in total. The Bertz CT molecular complexity index is 806. The van der Waals surface area contributed by atoms with Crippen LogP contribution in [0, 0.1) is 0 Å². The van der Waals surface area contributed by atoms with Crippen LogP contribution in [-0.4, -0.2) is 30.0 Å². The van der Waals surface area contributed by atoms with Crippen molar-refractivity contribution in [3.63, 3.8) is 0 Å². The monoisotopic (exact) mass is 281 g/mol. The number of rotatable bonds is 2. The van der Waals surface area contributed by atoms with Crippen molar-refractivity contribution in [2.75, 3.05) is 11.5 Å². The van der Waals surface area contributed by atoms with E-state index in [1.165, 1.54) is 18.5 Å². The van der Waals surface area contributed by atoms with Gasteiger partial charge < -0.3 is 16.6 Å². The highest BCUT2D eigenvalue weighted by Gasteiger charge is 2.11. The van der Waals surface area contributed by atoms with Crippen LogP contribution in [0.3, 0.4) is 0 Å². The van der Waals surface area contributed by atoms with Gasteiger partial charge in [-0.1, -0.05) is 0 Å². The second-order valence-electron chi connectivity index (χ2n) is 4.16. The molecular formula is C13H11N7O. The fourth-order valence-electron chi connectivity index (χ4n) is 1.81. The highest BCUT2D eigenvalue weighted by Crippen LogP contribution is 2.28. The van der Waals surface area contributed by atoms with E-state index >= 15 is 0 Å². The Morgan fingerprint density at radius 2 is 1.29 bits per heavy atom. The average molecular weight is 281 g/mol. The first-order valence-corrected chi connectivity index (χ1v) is 6.01. The topological polar surface area (TPSA) is 137 Å². The molecule has 3 aromatic rings. The molecule has 0 saturated carbocycles. The number of anilines is 2. The van der Waals surface area contributed by atoms with Crippen molar-refractivity contribution in [1.82, 2.24) is 24.9 Å². The van der Waals surface area contributed by atoms with Crippen LogP contribution in [0.4, 0.5) is 11.9 Å². The summed E-state index contributed by atoms with van der Waals surface area (Å²) in [7, 11) is 0. The zero-order valence-electron chi connectivity index (χ0n) is 10.8. The van der Waals surface area contributed by atoms with Gasteiger partial charge in [-0.2, -0.15) is 0 Å². The van der Waals surface area contributed by atoms with Crippen LogP contribution in [0.1, 0.15) is 0 Å². The first kappa shape index (κ1) is 12.7. The van der Waals surface area contributed by atoms with Crippen LogP contribution in [0.15, 0.2) is 36.7 Å². The molecule has 0 amide bonds. The number of hydrogen-bond donors (Lipinski definition) is 3. The van der Waals surface area contributed by atoms with E-state index in [9.17, 15) is 5.11 Å². The number of hydrogen-bond acceptors (Lipinski definition) is 8. The van der Waals surface area contributed by atoms with E-state index in [1.807, 2.05) is 0 Å². The van der Waals surface area contributed by atoms with Gasteiger partial charge in [-0.05, 0) is 24.3 Å². The van der Waals surface area contributed by atoms with Gasteiger partial charge in [0.1, 0.15) is 11.4 Å². The number of nitrogens with two attached hydrogens (primary N) is 2. The average Bonchev–Trinajstić information content (AvgIpc) is 2.47.